The number of nitrogens with two attached hydrogens (primary N) is 1. The lowest BCUT2D eigenvalue weighted by Gasteiger charge is -2.06. The van der Waals surface area contributed by atoms with Crippen molar-refractivity contribution in [1.29, 1.82) is 0 Å². The van der Waals surface area contributed by atoms with Crippen molar-refractivity contribution in [2.45, 2.75) is 13.3 Å². The quantitative estimate of drug-likeness (QED) is 0.789. The highest BCUT2D eigenvalue weighted by molar-refractivity contribution is 5.59. The highest BCUT2D eigenvalue weighted by Crippen LogP contribution is 2.22. The van der Waals surface area contributed by atoms with Crippen LogP contribution in [0.15, 0.2) is 18.3 Å². The molecule has 4 nitrogen and oxygen atoms in total. The maximum atomic E-state index is 5.55. The number of nitrogens with one attached hydrogen (secondary N) is 1. The number of hydrogen-bond donors (Lipinski definition) is 2. The lowest BCUT2D eigenvalue weighted by Crippen LogP contribution is -2.07. The summed E-state index contributed by atoms with van der Waals surface area (Å²) in [6, 6.07) is 4.22. The van der Waals surface area contributed by atoms with Crippen LogP contribution in [0.25, 0.3) is 11.4 Å². The lowest BCUT2D eigenvalue weighted by molar-refractivity contribution is 0.809. The highest BCUT2D eigenvalue weighted by Gasteiger charge is 2.09. The van der Waals surface area contributed by atoms with Crippen LogP contribution in [0.1, 0.15) is 11.3 Å². The topological polar surface area (TPSA) is 59.6 Å². The van der Waals surface area contributed by atoms with E-state index in [1.54, 1.807) is 0 Å². The zero-order valence-corrected chi connectivity index (χ0v) is 9.12. The van der Waals surface area contributed by atoms with E-state index in [1.165, 1.54) is 5.69 Å². The Kier molecular flexibility index (Phi) is 2.60. The van der Waals surface area contributed by atoms with Gasteiger partial charge in [0, 0.05) is 12.7 Å². The van der Waals surface area contributed by atoms with Crippen LogP contribution in [0, 0.1) is 6.92 Å². The molecule has 0 spiro atoms. The minimum absolute atomic E-state index is 0.680. The van der Waals surface area contributed by atoms with Crippen molar-refractivity contribution >= 4 is 0 Å². The smallest absolute Gasteiger partial charge is 0.0843 e. The molecule has 2 aromatic rings. The molecule has 0 amide bonds. The molecular weight excluding hydrogens is 188 g/mol. The maximum Gasteiger partial charge on any atom is 0.0843 e. The van der Waals surface area contributed by atoms with Crippen LogP contribution in [0.2, 0.25) is 0 Å². The van der Waals surface area contributed by atoms with E-state index in [-0.39, 0.29) is 0 Å². The average Bonchev–Trinajstić information content (AvgIpc) is 2.76. The first kappa shape index (κ1) is 9.98. The molecule has 80 valence electrons. The van der Waals surface area contributed by atoms with E-state index < -0.39 is 0 Å². The minimum atomic E-state index is 0.680. The zero-order chi connectivity index (χ0) is 10.8. The van der Waals surface area contributed by atoms with E-state index in [2.05, 4.69) is 40.9 Å². The predicted molar refractivity (Wildman–Crippen MR) is 60.5 cm³/mol. The van der Waals surface area contributed by atoms with E-state index in [9.17, 15) is 0 Å². The van der Waals surface area contributed by atoms with Gasteiger partial charge in [0.15, 0.2) is 0 Å². The highest BCUT2D eigenvalue weighted by atomic mass is 15.1. The Morgan fingerprint density at radius 1 is 1.47 bits per heavy atom. The predicted octanol–water partition coefficient (Wildman–Crippen LogP) is 1.22. The zero-order valence-electron chi connectivity index (χ0n) is 9.12. The van der Waals surface area contributed by atoms with Gasteiger partial charge >= 0.3 is 0 Å². The van der Waals surface area contributed by atoms with Crippen molar-refractivity contribution in [2.75, 3.05) is 6.54 Å². The monoisotopic (exact) mass is 204 g/mol. The van der Waals surface area contributed by atoms with Crippen LogP contribution >= 0.6 is 0 Å². The Hall–Kier alpha value is -1.55. The van der Waals surface area contributed by atoms with Crippen LogP contribution in [-0.2, 0) is 13.5 Å². The molecule has 0 radical (unpaired) electrons. The molecule has 0 fully saturated rings. The molecule has 15 heavy (non-hydrogen) atoms. The van der Waals surface area contributed by atoms with Gasteiger partial charge in [-0.25, -0.2) is 0 Å². The number of hydrogen-bond acceptors (Lipinski definition) is 2. The largest absolute Gasteiger partial charge is 0.346 e. The molecule has 0 aliphatic rings. The van der Waals surface area contributed by atoms with Crippen molar-refractivity contribution < 1.29 is 0 Å². The van der Waals surface area contributed by atoms with Crippen LogP contribution in [0.4, 0.5) is 0 Å². The second-order valence-corrected chi connectivity index (χ2v) is 3.74. The first-order valence-corrected chi connectivity index (χ1v) is 5.09. The van der Waals surface area contributed by atoms with Gasteiger partial charge in [0.25, 0.3) is 0 Å². The van der Waals surface area contributed by atoms with Crippen LogP contribution in [0.5, 0.6) is 0 Å². The third-order valence-corrected chi connectivity index (χ3v) is 2.71. The van der Waals surface area contributed by atoms with Gasteiger partial charge in [-0.2, -0.15) is 5.10 Å². The SMILES string of the molecule is Cc1cn[nH]c1-c1ccc(CCN)n1C. The normalized spacial score (nSPS) is 10.9. The second-order valence-electron chi connectivity index (χ2n) is 3.74. The lowest BCUT2D eigenvalue weighted by atomic mass is 10.2. The van der Waals surface area contributed by atoms with Gasteiger partial charge < -0.3 is 10.3 Å². The van der Waals surface area contributed by atoms with Crippen molar-refractivity contribution in [3.8, 4) is 11.4 Å². The summed E-state index contributed by atoms with van der Waals surface area (Å²) in [5.74, 6) is 0. The third-order valence-electron chi connectivity index (χ3n) is 2.71. The van der Waals surface area contributed by atoms with E-state index in [1.807, 2.05) is 6.20 Å². The van der Waals surface area contributed by atoms with Crippen LogP contribution in [0.3, 0.4) is 0 Å². The number of rotatable bonds is 3. The van der Waals surface area contributed by atoms with E-state index in [0.717, 1.165) is 23.4 Å². The van der Waals surface area contributed by atoms with Gasteiger partial charge in [-0.1, -0.05) is 0 Å². The van der Waals surface area contributed by atoms with Crippen molar-refractivity contribution in [3.63, 3.8) is 0 Å². The van der Waals surface area contributed by atoms with Crippen molar-refractivity contribution in [1.82, 2.24) is 14.8 Å². The average molecular weight is 204 g/mol. The summed E-state index contributed by atoms with van der Waals surface area (Å²) in [7, 11) is 2.06. The number of H-pyrrole nitrogens is 1. The first-order chi connectivity index (χ1) is 7.24. The molecule has 2 aromatic heterocycles. The molecule has 2 rings (SSSR count). The molecule has 0 bridgehead atoms. The summed E-state index contributed by atoms with van der Waals surface area (Å²) in [6.45, 7) is 2.73. The van der Waals surface area contributed by atoms with Gasteiger partial charge in [-0.3, -0.25) is 5.10 Å². The fraction of sp³-hybridized carbons (Fsp3) is 0.364. The van der Waals surface area contributed by atoms with Crippen molar-refractivity contribution in [2.24, 2.45) is 12.8 Å². The Labute approximate surface area is 89.1 Å². The summed E-state index contributed by atoms with van der Waals surface area (Å²) in [5, 5.41) is 7.05. The number of aromatic nitrogens is 3. The molecular formula is C11H16N4. The van der Waals surface area contributed by atoms with Crippen LogP contribution in [-0.4, -0.2) is 21.3 Å². The first-order valence-electron chi connectivity index (χ1n) is 5.09. The van der Waals surface area contributed by atoms with Gasteiger partial charge in [0.2, 0.25) is 0 Å². The third kappa shape index (κ3) is 1.68. The maximum absolute atomic E-state index is 5.55. The Morgan fingerprint density at radius 3 is 2.87 bits per heavy atom. The summed E-state index contributed by atoms with van der Waals surface area (Å²) >= 11 is 0. The standard InChI is InChI=1S/C11H16N4/c1-8-7-13-14-11(8)10-4-3-9(5-6-12)15(10)2/h3-4,7H,5-6,12H2,1-2H3,(H,13,14). The molecule has 0 aliphatic carbocycles. The summed E-state index contributed by atoms with van der Waals surface area (Å²) < 4.78 is 2.16. The molecule has 0 atom stereocenters. The van der Waals surface area contributed by atoms with Gasteiger partial charge in [-0.15, -0.1) is 0 Å². The minimum Gasteiger partial charge on any atom is -0.346 e. The van der Waals surface area contributed by atoms with E-state index in [0.29, 0.717) is 6.54 Å². The summed E-state index contributed by atoms with van der Waals surface area (Å²) in [6.07, 6.45) is 2.74. The number of aromatic amines is 1. The fourth-order valence-electron chi connectivity index (χ4n) is 1.81. The molecule has 0 aliphatic heterocycles. The number of nitrogens with zero attached hydrogens (tertiary/aromatic N) is 2. The Balaban J connectivity index is 2.42. The molecule has 4 heteroatoms. The van der Waals surface area contributed by atoms with E-state index in [4.69, 9.17) is 5.73 Å². The Morgan fingerprint density at radius 2 is 2.27 bits per heavy atom. The molecule has 0 unspecified atom stereocenters. The van der Waals surface area contributed by atoms with Gasteiger partial charge in [0.05, 0.1) is 17.6 Å². The summed E-state index contributed by atoms with van der Waals surface area (Å²) in [5.41, 5.74) is 10.2. The van der Waals surface area contributed by atoms with Gasteiger partial charge in [-0.05, 0) is 37.6 Å². The molecule has 0 saturated carbocycles. The molecule has 0 aromatic carbocycles. The molecule has 0 saturated heterocycles. The number of aryl methyl sites for hydroxylation is 1. The van der Waals surface area contributed by atoms with Gasteiger partial charge in [0.1, 0.15) is 0 Å². The molecule has 3 N–H and O–H groups in total. The molecule has 2 heterocycles. The van der Waals surface area contributed by atoms with E-state index >= 15 is 0 Å². The fourth-order valence-corrected chi connectivity index (χ4v) is 1.81. The summed E-state index contributed by atoms with van der Waals surface area (Å²) in [4.78, 5) is 0. The van der Waals surface area contributed by atoms with Crippen molar-refractivity contribution in [3.05, 3.63) is 29.6 Å². The Bertz CT molecular complexity index is 453. The second kappa shape index (κ2) is 3.90. The van der Waals surface area contributed by atoms with Crippen LogP contribution < -0.4 is 5.73 Å².